The van der Waals surface area contributed by atoms with Crippen molar-refractivity contribution in [2.24, 2.45) is 0 Å². The normalized spacial score (nSPS) is 12.2. The Morgan fingerprint density at radius 1 is 1.40 bits per heavy atom. The number of benzene rings is 1. The number of aldehydes is 1. The highest BCUT2D eigenvalue weighted by atomic mass is 16.5. The Bertz CT molecular complexity index is 308. The number of rotatable bonds is 5. The molecule has 15 heavy (non-hydrogen) atoms. The summed E-state index contributed by atoms with van der Waals surface area (Å²) in [5.74, 6) is 0. The van der Waals surface area contributed by atoms with Gasteiger partial charge < -0.3 is 9.64 Å². The fourth-order valence-electron chi connectivity index (χ4n) is 1.40. The number of hydrogen-bond acceptors (Lipinski definition) is 3. The summed E-state index contributed by atoms with van der Waals surface area (Å²) < 4.78 is 5.09. The first kappa shape index (κ1) is 11.7. The molecule has 0 amide bonds. The summed E-state index contributed by atoms with van der Waals surface area (Å²) in [6.45, 7) is 2.78. The van der Waals surface area contributed by atoms with Crippen molar-refractivity contribution < 1.29 is 9.53 Å². The van der Waals surface area contributed by atoms with Gasteiger partial charge in [0.25, 0.3) is 0 Å². The molecule has 1 aromatic rings. The number of carbonyl (C=O) groups excluding carboxylic acids is 1. The quantitative estimate of drug-likeness (QED) is 0.691. The molecule has 82 valence electrons. The van der Waals surface area contributed by atoms with Gasteiger partial charge in [-0.15, -0.1) is 0 Å². The predicted octanol–water partition coefficient (Wildman–Crippen LogP) is 1.97. The van der Waals surface area contributed by atoms with E-state index in [1.54, 1.807) is 7.11 Å². The maximum Gasteiger partial charge on any atom is 0.150 e. The molecule has 0 heterocycles. The van der Waals surface area contributed by atoms with Gasteiger partial charge in [-0.1, -0.05) is 0 Å². The van der Waals surface area contributed by atoms with Gasteiger partial charge in [0.2, 0.25) is 0 Å². The summed E-state index contributed by atoms with van der Waals surface area (Å²) >= 11 is 0. The van der Waals surface area contributed by atoms with Gasteiger partial charge in [0.15, 0.2) is 0 Å². The highest BCUT2D eigenvalue weighted by molar-refractivity contribution is 5.75. The van der Waals surface area contributed by atoms with E-state index in [2.05, 4.69) is 11.8 Å². The van der Waals surface area contributed by atoms with E-state index in [1.807, 2.05) is 31.3 Å². The Hall–Kier alpha value is -1.35. The molecule has 1 rings (SSSR count). The van der Waals surface area contributed by atoms with Crippen molar-refractivity contribution in [3.8, 4) is 0 Å². The average molecular weight is 207 g/mol. The zero-order valence-corrected chi connectivity index (χ0v) is 9.43. The van der Waals surface area contributed by atoms with Crippen molar-refractivity contribution in [1.29, 1.82) is 0 Å². The zero-order valence-electron chi connectivity index (χ0n) is 9.43. The van der Waals surface area contributed by atoms with Crippen LogP contribution < -0.4 is 4.90 Å². The maximum absolute atomic E-state index is 10.5. The molecule has 0 radical (unpaired) electrons. The van der Waals surface area contributed by atoms with Crippen LogP contribution in [0.2, 0.25) is 0 Å². The lowest BCUT2D eigenvalue weighted by Crippen LogP contribution is -2.32. The number of methoxy groups -OCH3 is 1. The van der Waals surface area contributed by atoms with Crippen LogP contribution >= 0.6 is 0 Å². The first-order chi connectivity index (χ1) is 7.19. The third-order valence-electron chi connectivity index (χ3n) is 2.51. The van der Waals surface area contributed by atoms with E-state index in [0.29, 0.717) is 18.2 Å². The largest absolute Gasteiger partial charge is 0.383 e. The SMILES string of the molecule is COCC(C)N(C)c1ccc(C=O)cc1. The number of hydrogen-bond donors (Lipinski definition) is 0. The van der Waals surface area contributed by atoms with Gasteiger partial charge in [-0.05, 0) is 31.2 Å². The first-order valence-corrected chi connectivity index (χ1v) is 4.96. The fraction of sp³-hybridized carbons (Fsp3) is 0.417. The molecule has 0 aliphatic rings. The molecular weight excluding hydrogens is 190 g/mol. The van der Waals surface area contributed by atoms with Crippen LogP contribution in [0.1, 0.15) is 17.3 Å². The van der Waals surface area contributed by atoms with E-state index in [-0.39, 0.29) is 0 Å². The number of nitrogens with zero attached hydrogens (tertiary/aromatic N) is 1. The monoisotopic (exact) mass is 207 g/mol. The summed E-state index contributed by atoms with van der Waals surface area (Å²) in [6.07, 6.45) is 0.850. The number of likely N-dealkylation sites (N-methyl/N-ethyl adjacent to an activating group) is 1. The number of anilines is 1. The van der Waals surface area contributed by atoms with Crippen molar-refractivity contribution in [2.45, 2.75) is 13.0 Å². The molecule has 1 unspecified atom stereocenters. The van der Waals surface area contributed by atoms with Crippen LogP contribution in [0, 0.1) is 0 Å². The minimum atomic E-state index is 0.317. The van der Waals surface area contributed by atoms with Crippen molar-refractivity contribution in [3.63, 3.8) is 0 Å². The third-order valence-corrected chi connectivity index (χ3v) is 2.51. The summed E-state index contributed by atoms with van der Waals surface area (Å²) in [5.41, 5.74) is 1.79. The Kier molecular flexibility index (Phi) is 4.31. The van der Waals surface area contributed by atoms with Gasteiger partial charge in [0, 0.05) is 31.5 Å². The minimum Gasteiger partial charge on any atom is -0.383 e. The Balaban J connectivity index is 2.73. The van der Waals surface area contributed by atoms with Crippen LogP contribution in [-0.2, 0) is 4.74 Å². The summed E-state index contributed by atoms with van der Waals surface area (Å²) in [5, 5.41) is 0. The van der Waals surface area contributed by atoms with Crippen molar-refractivity contribution >= 4 is 12.0 Å². The lowest BCUT2D eigenvalue weighted by Gasteiger charge is -2.26. The van der Waals surface area contributed by atoms with E-state index in [4.69, 9.17) is 4.74 Å². The second-order valence-corrected chi connectivity index (χ2v) is 3.62. The lowest BCUT2D eigenvalue weighted by molar-refractivity contribution is 0.112. The van der Waals surface area contributed by atoms with Crippen LogP contribution in [0.25, 0.3) is 0 Å². The molecule has 0 saturated carbocycles. The van der Waals surface area contributed by atoms with E-state index < -0.39 is 0 Å². The molecule has 0 saturated heterocycles. The van der Waals surface area contributed by atoms with Gasteiger partial charge in [0.1, 0.15) is 6.29 Å². The molecule has 1 atom stereocenters. The van der Waals surface area contributed by atoms with Crippen molar-refractivity contribution in [3.05, 3.63) is 29.8 Å². The van der Waals surface area contributed by atoms with Gasteiger partial charge in [-0.2, -0.15) is 0 Å². The molecule has 0 aliphatic heterocycles. The molecule has 0 bridgehead atoms. The van der Waals surface area contributed by atoms with Gasteiger partial charge in [0.05, 0.1) is 6.61 Å². The topological polar surface area (TPSA) is 29.5 Å². The molecular formula is C12H17NO2. The highest BCUT2D eigenvalue weighted by Gasteiger charge is 2.08. The molecule has 0 N–H and O–H groups in total. The minimum absolute atomic E-state index is 0.317. The molecule has 1 aromatic carbocycles. The standard InChI is InChI=1S/C12H17NO2/c1-10(9-15-3)13(2)12-6-4-11(8-14)5-7-12/h4-8,10H,9H2,1-3H3. The summed E-state index contributed by atoms with van der Waals surface area (Å²) in [4.78, 5) is 12.6. The van der Waals surface area contributed by atoms with Crippen molar-refractivity contribution in [1.82, 2.24) is 0 Å². The zero-order chi connectivity index (χ0) is 11.3. The third kappa shape index (κ3) is 3.06. The molecule has 0 aromatic heterocycles. The van der Waals surface area contributed by atoms with Crippen LogP contribution in [0.15, 0.2) is 24.3 Å². The van der Waals surface area contributed by atoms with Crippen LogP contribution in [-0.4, -0.2) is 33.1 Å². The second-order valence-electron chi connectivity index (χ2n) is 3.62. The molecule has 0 fully saturated rings. The maximum atomic E-state index is 10.5. The Morgan fingerprint density at radius 3 is 2.47 bits per heavy atom. The second kappa shape index (κ2) is 5.51. The highest BCUT2D eigenvalue weighted by Crippen LogP contribution is 2.15. The molecule has 0 aliphatic carbocycles. The summed E-state index contributed by atoms with van der Waals surface area (Å²) in [7, 11) is 3.71. The van der Waals surface area contributed by atoms with Crippen molar-refractivity contribution in [2.75, 3.05) is 25.7 Å². The van der Waals surface area contributed by atoms with Gasteiger partial charge in [-0.3, -0.25) is 4.79 Å². The molecule has 0 spiro atoms. The molecule has 3 nitrogen and oxygen atoms in total. The molecule has 3 heteroatoms. The fourth-order valence-corrected chi connectivity index (χ4v) is 1.40. The Morgan fingerprint density at radius 2 is 2.00 bits per heavy atom. The Labute approximate surface area is 90.7 Å². The number of carbonyl (C=O) groups is 1. The smallest absolute Gasteiger partial charge is 0.150 e. The average Bonchev–Trinajstić information content (AvgIpc) is 2.28. The van der Waals surface area contributed by atoms with E-state index in [0.717, 1.165) is 12.0 Å². The van der Waals surface area contributed by atoms with E-state index in [1.165, 1.54) is 0 Å². The predicted molar refractivity (Wildman–Crippen MR) is 61.6 cm³/mol. The lowest BCUT2D eigenvalue weighted by atomic mass is 10.2. The number of ether oxygens (including phenoxy) is 1. The van der Waals surface area contributed by atoms with Crippen LogP contribution in [0.3, 0.4) is 0 Å². The van der Waals surface area contributed by atoms with Gasteiger partial charge in [-0.25, -0.2) is 0 Å². The van der Waals surface area contributed by atoms with Crippen LogP contribution in [0.5, 0.6) is 0 Å². The first-order valence-electron chi connectivity index (χ1n) is 4.96. The summed E-state index contributed by atoms with van der Waals surface area (Å²) in [6, 6.07) is 7.83. The van der Waals surface area contributed by atoms with Crippen LogP contribution in [0.4, 0.5) is 5.69 Å². The van der Waals surface area contributed by atoms with Gasteiger partial charge >= 0.3 is 0 Å². The van der Waals surface area contributed by atoms with E-state index in [9.17, 15) is 4.79 Å². The van der Waals surface area contributed by atoms with E-state index >= 15 is 0 Å².